The maximum absolute atomic E-state index is 12.7. The fourth-order valence-corrected chi connectivity index (χ4v) is 3.54. The van der Waals surface area contributed by atoms with Crippen LogP contribution in [-0.2, 0) is 4.79 Å². The minimum Gasteiger partial charge on any atom is -0.497 e. The number of benzene rings is 2. The zero-order chi connectivity index (χ0) is 23.1. The molecule has 0 radical (unpaired) electrons. The maximum Gasteiger partial charge on any atom is 0.254 e. The number of carbonyl (C=O) groups is 2. The van der Waals surface area contributed by atoms with Gasteiger partial charge in [0.15, 0.2) is 11.5 Å². The molecule has 0 spiro atoms. The predicted molar refractivity (Wildman–Crippen MR) is 121 cm³/mol. The van der Waals surface area contributed by atoms with Crippen molar-refractivity contribution in [3.8, 4) is 23.0 Å². The van der Waals surface area contributed by atoms with Gasteiger partial charge in [-0.1, -0.05) is 6.07 Å². The molecule has 8 heteroatoms. The van der Waals surface area contributed by atoms with Crippen molar-refractivity contribution in [1.29, 1.82) is 0 Å². The number of nitrogens with zero attached hydrogens (tertiary/aromatic N) is 2. The molecule has 1 fully saturated rings. The van der Waals surface area contributed by atoms with E-state index in [9.17, 15) is 9.59 Å². The summed E-state index contributed by atoms with van der Waals surface area (Å²) in [5.41, 5.74) is 1.33. The van der Waals surface area contributed by atoms with E-state index in [0.717, 1.165) is 5.56 Å². The fourth-order valence-electron chi connectivity index (χ4n) is 3.54. The molecule has 3 rings (SSSR count). The van der Waals surface area contributed by atoms with Gasteiger partial charge in [0.1, 0.15) is 5.75 Å². The molecule has 0 unspecified atom stereocenters. The van der Waals surface area contributed by atoms with Crippen LogP contribution in [0.2, 0.25) is 0 Å². The SMILES string of the molecule is COc1cccc(C(=O)N2CCN(C(=O)/C=C/c3cc(OC)c(OC)c(OC)c3)CC2)c1. The number of hydrogen-bond acceptors (Lipinski definition) is 6. The van der Waals surface area contributed by atoms with E-state index in [1.54, 1.807) is 73.6 Å². The third-order valence-electron chi connectivity index (χ3n) is 5.30. The third-order valence-corrected chi connectivity index (χ3v) is 5.30. The van der Waals surface area contributed by atoms with Gasteiger partial charge in [0.05, 0.1) is 28.4 Å². The first-order chi connectivity index (χ1) is 15.5. The molecule has 0 aromatic heterocycles. The number of methoxy groups -OCH3 is 4. The predicted octanol–water partition coefficient (Wildman–Crippen LogP) is 2.72. The van der Waals surface area contributed by atoms with Gasteiger partial charge in [0.25, 0.3) is 5.91 Å². The third kappa shape index (κ3) is 5.14. The molecule has 8 nitrogen and oxygen atoms in total. The van der Waals surface area contributed by atoms with Crippen LogP contribution >= 0.6 is 0 Å². The minimum atomic E-state index is -0.118. The summed E-state index contributed by atoms with van der Waals surface area (Å²) in [4.78, 5) is 28.9. The number of hydrogen-bond donors (Lipinski definition) is 0. The van der Waals surface area contributed by atoms with E-state index in [0.29, 0.717) is 54.7 Å². The molecule has 0 bridgehead atoms. The summed E-state index contributed by atoms with van der Waals surface area (Å²) in [6, 6.07) is 10.6. The van der Waals surface area contributed by atoms with E-state index >= 15 is 0 Å². The molecule has 32 heavy (non-hydrogen) atoms. The van der Waals surface area contributed by atoms with Gasteiger partial charge in [-0.3, -0.25) is 9.59 Å². The summed E-state index contributed by atoms with van der Waals surface area (Å²) in [6.45, 7) is 1.88. The van der Waals surface area contributed by atoms with Gasteiger partial charge >= 0.3 is 0 Å². The lowest BCUT2D eigenvalue weighted by atomic mass is 10.1. The Balaban J connectivity index is 1.62. The van der Waals surface area contributed by atoms with Crippen LogP contribution in [-0.4, -0.2) is 76.2 Å². The van der Waals surface area contributed by atoms with Crippen molar-refractivity contribution in [2.45, 2.75) is 0 Å². The lowest BCUT2D eigenvalue weighted by Gasteiger charge is -2.34. The minimum absolute atomic E-state index is 0.0658. The van der Waals surface area contributed by atoms with Crippen LogP contribution in [0.4, 0.5) is 0 Å². The summed E-state index contributed by atoms with van der Waals surface area (Å²) < 4.78 is 21.2. The number of rotatable bonds is 7. The van der Waals surface area contributed by atoms with Crippen LogP contribution in [0.3, 0.4) is 0 Å². The first-order valence-corrected chi connectivity index (χ1v) is 10.2. The van der Waals surface area contributed by atoms with Gasteiger partial charge < -0.3 is 28.7 Å². The zero-order valence-electron chi connectivity index (χ0n) is 18.8. The Bertz CT molecular complexity index is 971. The highest BCUT2D eigenvalue weighted by atomic mass is 16.5. The standard InChI is InChI=1S/C24H28N2O6/c1-29-19-7-5-6-18(16-19)24(28)26-12-10-25(11-13-26)22(27)9-8-17-14-20(30-2)23(32-4)21(15-17)31-3/h5-9,14-16H,10-13H2,1-4H3/b9-8+. The normalized spacial score (nSPS) is 13.8. The lowest BCUT2D eigenvalue weighted by Crippen LogP contribution is -2.50. The Morgan fingerprint density at radius 1 is 0.812 bits per heavy atom. The molecule has 0 N–H and O–H groups in total. The summed E-state index contributed by atoms with van der Waals surface area (Å²) in [7, 11) is 6.20. The van der Waals surface area contributed by atoms with E-state index in [1.807, 2.05) is 0 Å². The van der Waals surface area contributed by atoms with Crippen LogP contribution in [0.1, 0.15) is 15.9 Å². The molecule has 1 aliphatic heterocycles. The molecular formula is C24H28N2O6. The number of piperazine rings is 1. The van der Waals surface area contributed by atoms with Crippen LogP contribution in [0, 0.1) is 0 Å². The van der Waals surface area contributed by atoms with Crippen LogP contribution in [0.15, 0.2) is 42.5 Å². The largest absolute Gasteiger partial charge is 0.497 e. The van der Waals surface area contributed by atoms with Gasteiger partial charge in [-0.25, -0.2) is 0 Å². The maximum atomic E-state index is 12.7. The van der Waals surface area contributed by atoms with Crippen molar-refractivity contribution in [1.82, 2.24) is 9.80 Å². The fraction of sp³-hybridized carbons (Fsp3) is 0.333. The lowest BCUT2D eigenvalue weighted by molar-refractivity contribution is -0.127. The second kappa shape index (κ2) is 10.6. The monoisotopic (exact) mass is 440 g/mol. The molecule has 0 aliphatic carbocycles. The van der Waals surface area contributed by atoms with E-state index in [2.05, 4.69) is 0 Å². The van der Waals surface area contributed by atoms with Gasteiger partial charge in [-0.2, -0.15) is 0 Å². The summed E-state index contributed by atoms with van der Waals surface area (Å²) in [5.74, 6) is 1.99. The average Bonchev–Trinajstić information content (AvgIpc) is 2.86. The first-order valence-electron chi connectivity index (χ1n) is 10.2. The van der Waals surface area contributed by atoms with Gasteiger partial charge in [0, 0.05) is 37.8 Å². The Labute approximate surface area is 187 Å². The number of carbonyl (C=O) groups excluding carboxylic acids is 2. The molecule has 170 valence electrons. The molecule has 1 saturated heterocycles. The van der Waals surface area contributed by atoms with Crippen molar-refractivity contribution >= 4 is 17.9 Å². The highest BCUT2D eigenvalue weighted by molar-refractivity contribution is 5.95. The van der Waals surface area contributed by atoms with Crippen LogP contribution in [0.5, 0.6) is 23.0 Å². The van der Waals surface area contributed by atoms with Crippen molar-refractivity contribution in [2.24, 2.45) is 0 Å². The van der Waals surface area contributed by atoms with Gasteiger partial charge in [0.2, 0.25) is 11.7 Å². The first kappa shape index (κ1) is 23.0. The molecule has 2 aromatic rings. The Hall–Kier alpha value is -3.68. The van der Waals surface area contributed by atoms with E-state index in [4.69, 9.17) is 18.9 Å². The molecular weight excluding hydrogens is 412 g/mol. The summed E-state index contributed by atoms with van der Waals surface area (Å²) in [5, 5.41) is 0. The molecule has 0 atom stereocenters. The molecule has 1 heterocycles. The highest BCUT2D eigenvalue weighted by Crippen LogP contribution is 2.38. The second-order valence-corrected chi connectivity index (χ2v) is 7.14. The van der Waals surface area contributed by atoms with E-state index < -0.39 is 0 Å². The second-order valence-electron chi connectivity index (χ2n) is 7.14. The average molecular weight is 440 g/mol. The van der Waals surface area contributed by atoms with Gasteiger partial charge in [-0.05, 0) is 42.0 Å². The molecule has 1 aliphatic rings. The quantitative estimate of drug-likeness (QED) is 0.616. The molecule has 0 saturated carbocycles. The smallest absolute Gasteiger partial charge is 0.254 e. The van der Waals surface area contributed by atoms with Gasteiger partial charge in [-0.15, -0.1) is 0 Å². The Kier molecular flexibility index (Phi) is 7.59. The summed E-state index contributed by atoms with van der Waals surface area (Å²) >= 11 is 0. The summed E-state index contributed by atoms with van der Waals surface area (Å²) in [6.07, 6.45) is 3.22. The van der Waals surface area contributed by atoms with Crippen molar-refractivity contribution in [2.75, 3.05) is 54.6 Å². The zero-order valence-corrected chi connectivity index (χ0v) is 18.8. The van der Waals surface area contributed by atoms with Crippen molar-refractivity contribution < 1.29 is 28.5 Å². The number of amides is 2. The van der Waals surface area contributed by atoms with E-state index in [-0.39, 0.29) is 11.8 Å². The van der Waals surface area contributed by atoms with Crippen molar-refractivity contribution in [3.63, 3.8) is 0 Å². The topological polar surface area (TPSA) is 77.5 Å². The number of ether oxygens (including phenoxy) is 4. The molecule has 2 amide bonds. The van der Waals surface area contributed by atoms with E-state index in [1.165, 1.54) is 13.2 Å². The highest BCUT2D eigenvalue weighted by Gasteiger charge is 2.24. The van der Waals surface area contributed by atoms with Crippen LogP contribution in [0.25, 0.3) is 6.08 Å². The van der Waals surface area contributed by atoms with Crippen LogP contribution < -0.4 is 18.9 Å². The molecule has 2 aromatic carbocycles. The Morgan fingerprint density at radius 3 is 2.00 bits per heavy atom. The van der Waals surface area contributed by atoms with Crippen molar-refractivity contribution in [3.05, 3.63) is 53.6 Å². The Morgan fingerprint density at radius 2 is 1.44 bits per heavy atom.